The standard InChI is InChI=1S/C24H32N4O4S2/c1-18-4-3-5-22(14-18)34(30,31)25-8-9-27-10-12-28(13-11-27)16-20(29)17-32-21-6-7-24-23(15-21)26-19(2)33-24/h3-7,14-15,20,25,29H,8-13,16-17H2,1-2H3/t20-/m1/s1. The SMILES string of the molecule is Cc1cccc(S(=O)(=O)NCCN2CCN(C[C@@H](O)COc3ccc4sc(C)nc4c3)CC2)c1. The maximum atomic E-state index is 12.4. The Labute approximate surface area is 205 Å². The molecule has 0 spiro atoms. The summed E-state index contributed by atoms with van der Waals surface area (Å²) < 4.78 is 34.5. The summed E-state index contributed by atoms with van der Waals surface area (Å²) in [6, 6.07) is 12.8. The normalized spacial score (nSPS) is 16.7. The van der Waals surface area contributed by atoms with Crippen molar-refractivity contribution in [3.8, 4) is 5.75 Å². The number of fused-ring (bicyclic) bond motifs is 1. The van der Waals surface area contributed by atoms with Crippen molar-refractivity contribution in [1.29, 1.82) is 0 Å². The van der Waals surface area contributed by atoms with Crippen LogP contribution in [0.2, 0.25) is 0 Å². The van der Waals surface area contributed by atoms with E-state index < -0.39 is 16.1 Å². The molecule has 0 amide bonds. The van der Waals surface area contributed by atoms with Gasteiger partial charge in [0.25, 0.3) is 0 Å². The predicted octanol–water partition coefficient (Wildman–Crippen LogP) is 2.25. The van der Waals surface area contributed by atoms with Crippen LogP contribution in [0, 0.1) is 13.8 Å². The van der Waals surface area contributed by atoms with Gasteiger partial charge in [0.15, 0.2) is 0 Å². The van der Waals surface area contributed by atoms with Crippen LogP contribution >= 0.6 is 11.3 Å². The van der Waals surface area contributed by atoms with Crippen LogP contribution in [0.5, 0.6) is 5.75 Å². The number of aliphatic hydroxyl groups excluding tert-OH is 1. The number of nitrogens with one attached hydrogen (secondary N) is 1. The number of ether oxygens (including phenoxy) is 1. The fourth-order valence-electron chi connectivity index (χ4n) is 4.05. The molecule has 184 valence electrons. The molecular formula is C24H32N4O4S2. The fourth-order valence-corrected chi connectivity index (χ4v) is 5.99. The largest absolute Gasteiger partial charge is 0.491 e. The van der Waals surface area contributed by atoms with Crippen molar-refractivity contribution in [3.63, 3.8) is 0 Å². The van der Waals surface area contributed by atoms with Crippen LogP contribution in [0.3, 0.4) is 0 Å². The molecule has 1 fully saturated rings. The molecule has 0 saturated carbocycles. The number of thiazole rings is 1. The second-order valence-electron chi connectivity index (χ2n) is 8.68. The third kappa shape index (κ3) is 6.74. The Balaban J connectivity index is 1.15. The number of piperazine rings is 1. The van der Waals surface area contributed by atoms with Crippen molar-refractivity contribution >= 4 is 31.6 Å². The molecule has 10 heteroatoms. The second kappa shape index (κ2) is 11.1. The summed E-state index contributed by atoms with van der Waals surface area (Å²) in [7, 11) is -3.49. The summed E-state index contributed by atoms with van der Waals surface area (Å²) in [6.07, 6.45) is -0.583. The Morgan fingerprint density at radius 2 is 1.88 bits per heavy atom. The van der Waals surface area contributed by atoms with E-state index in [1.54, 1.807) is 29.5 Å². The second-order valence-corrected chi connectivity index (χ2v) is 11.7. The van der Waals surface area contributed by atoms with E-state index in [0.29, 0.717) is 24.5 Å². The van der Waals surface area contributed by atoms with Gasteiger partial charge in [-0.15, -0.1) is 11.3 Å². The van der Waals surface area contributed by atoms with Crippen LogP contribution in [-0.2, 0) is 10.0 Å². The van der Waals surface area contributed by atoms with Gasteiger partial charge in [0, 0.05) is 51.9 Å². The first kappa shape index (κ1) is 25.0. The third-order valence-corrected chi connectivity index (χ3v) is 8.27. The van der Waals surface area contributed by atoms with Gasteiger partial charge in [-0.25, -0.2) is 18.1 Å². The van der Waals surface area contributed by atoms with Gasteiger partial charge in [0.1, 0.15) is 18.5 Å². The molecule has 2 heterocycles. The van der Waals surface area contributed by atoms with Crippen molar-refractivity contribution in [2.75, 3.05) is 52.4 Å². The van der Waals surface area contributed by atoms with E-state index in [-0.39, 0.29) is 6.61 Å². The highest BCUT2D eigenvalue weighted by Gasteiger charge is 2.20. The smallest absolute Gasteiger partial charge is 0.240 e. The molecule has 0 unspecified atom stereocenters. The Kier molecular flexibility index (Phi) is 8.18. The van der Waals surface area contributed by atoms with E-state index in [0.717, 1.165) is 52.7 Å². The summed E-state index contributed by atoms with van der Waals surface area (Å²) >= 11 is 1.65. The van der Waals surface area contributed by atoms with Gasteiger partial charge in [0.2, 0.25) is 10.0 Å². The number of aliphatic hydroxyl groups is 1. The molecule has 0 aliphatic carbocycles. The van der Waals surface area contributed by atoms with Crippen molar-refractivity contribution in [1.82, 2.24) is 19.5 Å². The van der Waals surface area contributed by atoms with E-state index >= 15 is 0 Å². The number of β-amino-alcohol motifs (C(OH)–C–C–N with tert-alkyl or cyclic N) is 1. The lowest BCUT2D eigenvalue weighted by Crippen LogP contribution is -2.50. The summed E-state index contributed by atoms with van der Waals surface area (Å²) in [4.78, 5) is 9.24. The number of benzene rings is 2. The molecule has 34 heavy (non-hydrogen) atoms. The number of hydrogen-bond acceptors (Lipinski definition) is 8. The Morgan fingerprint density at radius 3 is 2.65 bits per heavy atom. The van der Waals surface area contributed by atoms with Gasteiger partial charge in [-0.05, 0) is 43.7 Å². The minimum Gasteiger partial charge on any atom is -0.491 e. The molecule has 2 aromatic carbocycles. The maximum Gasteiger partial charge on any atom is 0.240 e. The van der Waals surface area contributed by atoms with E-state index in [4.69, 9.17) is 4.74 Å². The first-order chi connectivity index (χ1) is 16.3. The van der Waals surface area contributed by atoms with Crippen LogP contribution in [-0.4, -0.2) is 86.8 Å². The molecule has 1 aromatic heterocycles. The minimum absolute atomic E-state index is 0.232. The van der Waals surface area contributed by atoms with E-state index in [1.807, 2.05) is 38.1 Å². The monoisotopic (exact) mass is 504 g/mol. The Bertz CT molecular complexity index is 1210. The highest BCUT2D eigenvalue weighted by atomic mass is 32.2. The summed E-state index contributed by atoms with van der Waals surface area (Å²) in [6.45, 7) is 8.99. The van der Waals surface area contributed by atoms with Crippen LogP contribution in [0.1, 0.15) is 10.6 Å². The molecule has 1 aliphatic rings. The van der Waals surface area contributed by atoms with E-state index in [2.05, 4.69) is 19.5 Å². The van der Waals surface area contributed by atoms with Crippen molar-refractivity contribution in [2.24, 2.45) is 0 Å². The molecule has 3 aromatic rings. The lowest BCUT2D eigenvalue weighted by atomic mass is 10.2. The van der Waals surface area contributed by atoms with Crippen molar-refractivity contribution in [3.05, 3.63) is 53.0 Å². The summed E-state index contributed by atoms with van der Waals surface area (Å²) in [5, 5.41) is 11.5. The average Bonchev–Trinajstić information content (AvgIpc) is 3.18. The zero-order valence-electron chi connectivity index (χ0n) is 19.6. The predicted molar refractivity (Wildman–Crippen MR) is 135 cm³/mol. The fraction of sp³-hybridized carbons (Fsp3) is 0.458. The molecule has 0 radical (unpaired) electrons. The number of nitrogens with zero attached hydrogens (tertiary/aromatic N) is 3. The van der Waals surface area contributed by atoms with Gasteiger partial charge >= 0.3 is 0 Å². The summed E-state index contributed by atoms with van der Waals surface area (Å²) in [5.74, 6) is 0.717. The average molecular weight is 505 g/mol. The van der Waals surface area contributed by atoms with Gasteiger partial charge in [0.05, 0.1) is 20.1 Å². The maximum absolute atomic E-state index is 12.4. The lowest BCUT2D eigenvalue weighted by molar-refractivity contribution is 0.0465. The topological polar surface area (TPSA) is 95.0 Å². The zero-order chi connectivity index (χ0) is 24.1. The van der Waals surface area contributed by atoms with Crippen LogP contribution in [0.4, 0.5) is 0 Å². The quantitative estimate of drug-likeness (QED) is 0.437. The molecule has 1 atom stereocenters. The lowest BCUT2D eigenvalue weighted by Gasteiger charge is -2.35. The van der Waals surface area contributed by atoms with Crippen LogP contribution in [0.25, 0.3) is 10.2 Å². The highest BCUT2D eigenvalue weighted by Crippen LogP contribution is 2.25. The molecule has 1 saturated heterocycles. The van der Waals surface area contributed by atoms with Crippen LogP contribution in [0.15, 0.2) is 47.4 Å². The van der Waals surface area contributed by atoms with Gasteiger partial charge in [-0.2, -0.15) is 0 Å². The molecule has 4 rings (SSSR count). The number of aryl methyl sites for hydroxylation is 2. The number of hydrogen-bond donors (Lipinski definition) is 2. The molecular weight excluding hydrogens is 472 g/mol. The van der Waals surface area contributed by atoms with Crippen molar-refractivity contribution in [2.45, 2.75) is 24.8 Å². The highest BCUT2D eigenvalue weighted by molar-refractivity contribution is 7.89. The number of aromatic nitrogens is 1. The molecule has 0 bridgehead atoms. The van der Waals surface area contributed by atoms with Gasteiger partial charge in [-0.1, -0.05) is 12.1 Å². The summed E-state index contributed by atoms with van der Waals surface area (Å²) in [5.41, 5.74) is 1.84. The molecule has 2 N–H and O–H groups in total. The van der Waals surface area contributed by atoms with Crippen LogP contribution < -0.4 is 9.46 Å². The Hall–Kier alpha value is -2.08. The van der Waals surface area contributed by atoms with Gasteiger partial charge in [-0.3, -0.25) is 9.80 Å². The molecule has 1 aliphatic heterocycles. The number of sulfonamides is 1. The third-order valence-electron chi connectivity index (χ3n) is 5.86. The number of rotatable bonds is 10. The van der Waals surface area contributed by atoms with Gasteiger partial charge < -0.3 is 9.84 Å². The first-order valence-corrected chi connectivity index (χ1v) is 13.8. The van der Waals surface area contributed by atoms with E-state index in [1.165, 1.54) is 0 Å². The zero-order valence-corrected chi connectivity index (χ0v) is 21.2. The minimum atomic E-state index is -3.49. The first-order valence-electron chi connectivity index (χ1n) is 11.5. The molecule has 8 nitrogen and oxygen atoms in total. The van der Waals surface area contributed by atoms with E-state index in [9.17, 15) is 13.5 Å². The Morgan fingerprint density at radius 1 is 1.12 bits per heavy atom. The van der Waals surface area contributed by atoms with Crippen molar-refractivity contribution < 1.29 is 18.3 Å².